The van der Waals surface area contributed by atoms with Crippen molar-refractivity contribution >= 4 is 17.3 Å². The van der Waals surface area contributed by atoms with Crippen LogP contribution in [0.4, 0.5) is 0 Å². The molecule has 2 unspecified atom stereocenters. The van der Waals surface area contributed by atoms with Gasteiger partial charge in [-0.15, -0.1) is 0 Å². The zero-order valence-electron chi connectivity index (χ0n) is 14.1. The van der Waals surface area contributed by atoms with Crippen LogP contribution in [0.3, 0.4) is 0 Å². The number of likely N-dealkylation sites (tertiary alicyclic amines) is 1. The van der Waals surface area contributed by atoms with Gasteiger partial charge in [0.2, 0.25) is 0 Å². The van der Waals surface area contributed by atoms with Crippen molar-refractivity contribution in [2.75, 3.05) is 32.7 Å². The second kappa shape index (κ2) is 9.16. The van der Waals surface area contributed by atoms with Crippen LogP contribution in [0, 0.1) is 0 Å². The number of likely N-dealkylation sites (N-methyl/N-ethyl adjacent to an activating group) is 1. The number of thiophene rings is 1. The lowest BCUT2D eigenvalue weighted by Crippen LogP contribution is -2.45. The topological polar surface area (TPSA) is 39.7 Å². The lowest BCUT2D eigenvalue weighted by molar-refractivity contribution is 0.267. The van der Waals surface area contributed by atoms with Crippen LogP contribution in [0.2, 0.25) is 0 Å². The number of nitrogens with one attached hydrogen (secondary N) is 2. The van der Waals surface area contributed by atoms with Crippen molar-refractivity contribution in [3.63, 3.8) is 0 Å². The fourth-order valence-corrected chi connectivity index (χ4v) is 3.77. The van der Waals surface area contributed by atoms with Gasteiger partial charge in [0, 0.05) is 31.6 Å². The molecular weight excluding hydrogens is 292 g/mol. The second-order valence-corrected chi connectivity index (χ2v) is 6.76. The molecule has 5 heteroatoms. The van der Waals surface area contributed by atoms with Gasteiger partial charge in [0.1, 0.15) is 0 Å². The Kier molecular flexibility index (Phi) is 7.19. The Bertz CT molecular complexity index is 444. The SMILES string of the molecule is CCNC(=NCC(C)c1ccsc1)NCC1CCCN1CC. The summed E-state index contributed by atoms with van der Waals surface area (Å²) in [6, 6.07) is 2.85. The summed E-state index contributed by atoms with van der Waals surface area (Å²) in [6.45, 7) is 11.7. The van der Waals surface area contributed by atoms with E-state index in [1.807, 2.05) is 0 Å². The molecule has 1 saturated heterocycles. The molecule has 1 fully saturated rings. The summed E-state index contributed by atoms with van der Waals surface area (Å²) in [5.74, 6) is 1.42. The van der Waals surface area contributed by atoms with Gasteiger partial charge in [-0.3, -0.25) is 9.89 Å². The molecule has 0 aliphatic carbocycles. The molecule has 124 valence electrons. The number of guanidine groups is 1. The highest BCUT2D eigenvalue weighted by atomic mass is 32.1. The Morgan fingerprint density at radius 1 is 1.45 bits per heavy atom. The monoisotopic (exact) mass is 322 g/mol. The van der Waals surface area contributed by atoms with Crippen LogP contribution in [0.1, 0.15) is 45.1 Å². The molecule has 1 aliphatic heterocycles. The molecule has 0 aromatic carbocycles. The van der Waals surface area contributed by atoms with Crippen molar-refractivity contribution in [2.24, 2.45) is 4.99 Å². The van der Waals surface area contributed by atoms with E-state index < -0.39 is 0 Å². The van der Waals surface area contributed by atoms with Gasteiger partial charge >= 0.3 is 0 Å². The van der Waals surface area contributed by atoms with Crippen LogP contribution < -0.4 is 10.6 Å². The smallest absolute Gasteiger partial charge is 0.191 e. The first kappa shape index (κ1) is 17.3. The predicted octanol–water partition coefficient (Wildman–Crippen LogP) is 2.89. The molecule has 0 radical (unpaired) electrons. The summed E-state index contributed by atoms with van der Waals surface area (Å²) >= 11 is 1.76. The van der Waals surface area contributed by atoms with E-state index in [0.717, 1.165) is 32.1 Å². The molecule has 1 aliphatic rings. The second-order valence-electron chi connectivity index (χ2n) is 5.98. The minimum absolute atomic E-state index is 0.473. The number of hydrogen-bond donors (Lipinski definition) is 2. The maximum absolute atomic E-state index is 4.76. The standard InChI is InChI=1S/C17H30N4S/c1-4-18-17(19-11-14(3)15-8-10-22-13-15)20-12-16-7-6-9-21(16)5-2/h8,10,13-14,16H,4-7,9,11-12H2,1-3H3,(H2,18,19,20). The predicted molar refractivity (Wildman–Crippen MR) is 97.0 cm³/mol. The fourth-order valence-electron chi connectivity index (χ4n) is 2.99. The maximum atomic E-state index is 4.76. The van der Waals surface area contributed by atoms with E-state index in [1.54, 1.807) is 11.3 Å². The van der Waals surface area contributed by atoms with Gasteiger partial charge in [0.25, 0.3) is 0 Å². The van der Waals surface area contributed by atoms with Crippen molar-refractivity contribution in [3.8, 4) is 0 Å². The molecule has 0 bridgehead atoms. The highest BCUT2D eigenvalue weighted by Crippen LogP contribution is 2.18. The molecule has 0 spiro atoms. The van der Waals surface area contributed by atoms with E-state index in [9.17, 15) is 0 Å². The molecular formula is C17H30N4S. The summed E-state index contributed by atoms with van der Waals surface area (Å²) in [6.07, 6.45) is 2.62. The highest BCUT2D eigenvalue weighted by Gasteiger charge is 2.22. The van der Waals surface area contributed by atoms with Gasteiger partial charge in [-0.25, -0.2) is 0 Å². The van der Waals surface area contributed by atoms with Crippen molar-refractivity contribution in [1.82, 2.24) is 15.5 Å². The fraction of sp³-hybridized carbons (Fsp3) is 0.706. The van der Waals surface area contributed by atoms with E-state index in [-0.39, 0.29) is 0 Å². The van der Waals surface area contributed by atoms with E-state index >= 15 is 0 Å². The molecule has 22 heavy (non-hydrogen) atoms. The Hall–Kier alpha value is -1.07. The molecule has 0 amide bonds. The van der Waals surface area contributed by atoms with E-state index in [4.69, 9.17) is 4.99 Å². The van der Waals surface area contributed by atoms with Crippen molar-refractivity contribution in [3.05, 3.63) is 22.4 Å². The van der Waals surface area contributed by atoms with E-state index in [2.05, 4.69) is 53.1 Å². The quantitative estimate of drug-likeness (QED) is 0.599. The van der Waals surface area contributed by atoms with Gasteiger partial charge in [-0.1, -0.05) is 13.8 Å². The van der Waals surface area contributed by atoms with Gasteiger partial charge in [-0.05, 0) is 55.2 Å². The average molecular weight is 323 g/mol. The number of aliphatic imine (C=N–C) groups is 1. The van der Waals surface area contributed by atoms with Gasteiger partial charge in [0.05, 0.1) is 0 Å². The molecule has 2 atom stereocenters. The number of rotatable bonds is 7. The van der Waals surface area contributed by atoms with Gasteiger partial charge in [0.15, 0.2) is 5.96 Å². The third kappa shape index (κ3) is 4.99. The zero-order valence-corrected chi connectivity index (χ0v) is 15.0. The number of nitrogens with zero attached hydrogens (tertiary/aromatic N) is 2. The first-order chi connectivity index (χ1) is 10.7. The van der Waals surface area contributed by atoms with Gasteiger partial charge < -0.3 is 10.6 Å². The van der Waals surface area contributed by atoms with Crippen LogP contribution in [0.5, 0.6) is 0 Å². The minimum atomic E-state index is 0.473. The molecule has 0 saturated carbocycles. The number of hydrogen-bond acceptors (Lipinski definition) is 3. The van der Waals surface area contributed by atoms with Crippen LogP contribution in [0.15, 0.2) is 21.8 Å². The Labute approximate surface area is 139 Å². The molecule has 4 nitrogen and oxygen atoms in total. The largest absolute Gasteiger partial charge is 0.357 e. The third-order valence-electron chi connectivity index (χ3n) is 4.39. The highest BCUT2D eigenvalue weighted by molar-refractivity contribution is 7.07. The summed E-state index contributed by atoms with van der Waals surface area (Å²) in [4.78, 5) is 7.32. The normalized spacial score (nSPS) is 21.0. The molecule has 1 aromatic heterocycles. The first-order valence-electron chi connectivity index (χ1n) is 8.52. The molecule has 2 heterocycles. The Morgan fingerprint density at radius 3 is 3.00 bits per heavy atom. The van der Waals surface area contributed by atoms with Crippen LogP contribution in [-0.2, 0) is 0 Å². The molecule has 2 N–H and O–H groups in total. The lowest BCUT2D eigenvalue weighted by atomic mass is 10.1. The average Bonchev–Trinajstić information content (AvgIpc) is 3.20. The summed E-state index contributed by atoms with van der Waals surface area (Å²) in [5.41, 5.74) is 1.39. The van der Waals surface area contributed by atoms with Crippen LogP contribution in [0.25, 0.3) is 0 Å². The maximum Gasteiger partial charge on any atom is 0.191 e. The molecule has 1 aromatic rings. The van der Waals surface area contributed by atoms with E-state index in [1.165, 1.54) is 24.9 Å². The van der Waals surface area contributed by atoms with Crippen molar-refractivity contribution < 1.29 is 0 Å². The third-order valence-corrected chi connectivity index (χ3v) is 5.09. The first-order valence-corrected chi connectivity index (χ1v) is 9.47. The zero-order chi connectivity index (χ0) is 15.8. The Balaban J connectivity index is 1.84. The lowest BCUT2D eigenvalue weighted by Gasteiger charge is -2.24. The van der Waals surface area contributed by atoms with Crippen LogP contribution in [-0.4, -0.2) is 49.6 Å². The summed E-state index contributed by atoms with van der Waals surface area (Å²) < 4.78 is 0. The minimum Gasteiger partial charge on any atom is -0.357 e. The van der Waals surface area contributed by atoms with Crippen molar-refractivity contribution in [1.29, 1.82) is 0 Å². The van der Waals surface area contributed by atoms with Crippen LogP contribution >= 0.6 is 11.3 Å². The van der Waals surface area contributed by atoms with Crippen molar-refractivity contribution in [2.45, 2.75) is 45.6 Å². The Morgan fingerprint density at radius 2 is 2.32 bits per heavy atom. The van der Waals surface area contributed by atoms with Gasteiger partial charge in [-0.2, -0.15) is 11.3 Å². The van der Waals surface area contributed by atoms with E-state index in [0.29, 0.717) is 12.0 Å². The molecule has 2 rings (SSSR count). The summed E-state index contributed by atoms with van der Waals surface area (Å²) in [7, 11) is 0. The summed E-state index contributed by atoms with van der Waals surface area (Å²) in [5, 5.41) is 11.2.